The SMILES string of the molecule is CCOC(=O)C1=C(C)N=c2sc(=Cc3ccc(N4CCCCC4)o3)c(=O)n2C1c1ccc(OC)c(OC)c1. The molecule has 0 amide bonds. The summed E-state index contributed by atoms with van der Waals surface area (Å²) in [4.78, 5) is 34.3. The van der Waals surface area contributed by atoms with Crippen molar-refractivity contribution in [2.24, 2.45) is 4.99 Å². The van der Waals surface area contributed by atoms with Crippen LogP contribution in [0.25, 0.3) is 6.08 Å². The van der Waals surface area contributed by atoms with E-state index < -0.39 is 12.0 Å². The summed E-state index contributed by atoms with van der Waals surface area (Å²) in [5.74, 6) is 1.93. The number of piperidine rings is 1. The van der Waals surface area contributed by atoms with Crippen molar-refractivity contribution < 1.29 is 23.4 Å². The third-order valence-corrected chi connectivity index (χ3v) is 7.78. The third kappa shape index (κ3) is 4.76. The van der Waals surface area contributed by atoms with Crippen LogP contribution in [-0.2, 0) is 9.53 Å². The fraction of sp³-hybridized carbons (Fsp3) is 0.393. The Hall–Kier alpha value is -3.79. The molecule has 5 rings (SSSR count). The molecule has 38 heavy (non-hydrogen) atoms. The van der Waals surface area contributed by atoms with E-state index >= 15 is 0 Å². The van der Waals surface area contributed by atoms with E-state index in [-0.39, 0.29) is 12.2 Å². The zero-order valence-electron chi connectivity index (χ0n) is 22.0. The lowest BCUT2D eigenvalue weighted by Crippen LogP contribution is -2.39. The monoisotopic (exact) mass is 537 g/mol. The summed E-state index contributed by atoms with van der Waals surface area (Å²) in [6.07, 6.45) is 5.27. The number of furan rings is 1. The van der Waals surface area contributed by atoms with Gasteiger partial charge >= 0.3 is 5.97 Å². The Morgan fingerprint density at radius 2 is 1.89 bits per heavy atom. The van der Waals surface area contributed by atoms with Crippen LogP contribution in [0.2, 0.25) is 0 Å². The van der Waals surface area contributed by atoms with Gasteiger partial charge in [0.1, 0.15) is 5.76 Å². The first-order valence-electron chi connectivity index (χ1n) is 12.7. The lowest BCUT2D eigenvalue weighted by Gasteiger charge is -2.25. The molecule has 1 fully saturated rings. The number of carbonyl (C=O) groups is 1. The lowest BCUT2D eigenvalue weighted by molar-refractivity contribution is -0.139. The number of ether oxygens (including phenoxy) is 3. The molecule has 1 saturated heterocycles. The van der Waals surface area contributed by atoms with Crippen molar-refractivity contribution in [3.63, 3.8) is 0 Å². The van der Waals surface area contributed by atoms with Crippen LogP contribution in [0.3, 0.4) is 0 Å². The fourth-order valence-electron chi connectivity index (χ4n) is 4.96. The summed E-state index contributed by atoms with van der Waals surface area (Å²) in [6.45, 7) is 5.65. The van der Waals surface area contributed by atoms with Crippen LogP contribution in [0.15, 0.2) is 55.8 Å². The van der Waals surface area contributed by atoms with Crippen LogP contribution in [0, 0.1) is 0 Å². The molecule has 0 radical (unpaired) electrons. The maximum Gasteiger partial charge on any atom is 0.338 e. The normalized spacial score (nSPS) is 17.7. The average Bonchev–Trinajstić information content (AvgIpc) is 3.52. The molecule has 0 saturated carbocycles. The predicted octanol–water partition coefficient (Wildman–Crippen LogP) is 3.40. The van der Waals surface area contributed by atoms with Gasteiger partial charge < -0.3 is 23.5 Å². The minimum Gasteiger partial charge on any atom is -0.493 e. The molecule has 0 aliphatic carbocycles. The van der Waals surface area contributed by atoms with Gasteiger partial charge in [0, 0.05) is 25.2 Å². The first-order chi connectivity index (χ1) is 18.4. The van der Waals surface area contributed by atoms with E-state index in [9.17, 15) is 9.59 Å². The number of benzene rings is 1. The molecule has 1 atom stereocenters. The number of methoxy groups -OCH3 is 2. The van der Waals surface area contributed by atoms with Gasteiger partial charge in [-0.25, -0.2) is 9.79 Å². The molecule has 10 heteroatoms. The molecule has 2 aliphatic heterocycles. The third-order valence-electron chi connectivity index (χ3n) is 6.79. The highest BCUT2D eigenvalue weighted by Crippen LogP contribution is 2.36. The van der Waals surface area contributed by atoms with E-state index in [1.165, 1.54) is 17.8 Å². The van der Waals surface area contributed by atoms with Crippen molar-refractivity contribution in [1.29, 1.82) is 0 Å². The Labute approximate surface area is 224 Å². The molecular formula is C28H31N3O6S. The summed E-state index contributed by atoms with van der Waals surface area (Å²) in [5, 5.41) is 0. The van der Waals surface area contributed by atoms with Crippen molar-refractivity contribution in [3.8, 4) is 11.5 Å². The highest BCUT2D eigenvalue weighted by molar-refractivity contribution is 7.07. The zero-order valence-corrected chi connectivity index (χ0v) is 22.8. The number of anilines is 1. The van der Waals surface area contributed by atoms with Gasteiger partial charge in [-0.2, -0.15) is 0 Å². The Bertz CT molecular complexity index is 1560. The second kappa shape index (κ2) is 10.9. The Morgan fingerprint density at radius 1 is 1.13 bits per heavy atom. The van der Waals surface area contributed by atoms with E-state index in [1.807, 2.05) is 18.2 Å². The van der Waals surface area contributed by atoms with Crippen LogP contribution in [-0.4, -0.2) is 44.5 Å². The van der Waals surface area contributed by atoms with Gasteiger partial charge in [0.2, 0.25) is 0 Å². The number of thiazole rings is 1. The van der Waals surface area contributed by atoms with Crippen molar-refractivity contribution in [2.75, 3.05) is 38.8 Å². The van der Waals surface area contributed by atoms with Crippen molar-refractivity contribution in [1.82, 2.24) is 4.57 Å². The van der Waals surface area contributed by atoms with Gasteiger partial charge in [-0.05, 0) is 56.9 Å². The van der Waals surface area contributed by atoms with E-state index in [0.29, 0.717) is 43.4 Å². The van der Waals surface area contributed by atoms with Crippen molar-refractivity contribution in [2.45, 2.75) is 39.2 Å². The number of hydrogen-bond donors (Lipinski definition) is 0. The van der Waals surface area contributed by atoms with E-state index in [2.05, 4.69) is 9.89 Å². The van der Waals surface area contributed by atoms with Gasteiger partial charge in [0.15, 0.2) is 22.2 Å². The van der Waals surface area contributed by atoms with Crippen molar-refractivity contribution >= 4 is 29.3 Å². The lowest BCUT2D eigenvalue weighted by atomic mass is 9.95. The summed E-state index contributed by atoms with van der Waals surface area (Å²) in [5.41, 5.74) is 1.22. The number of hydrogen-bond acceptors (Lipinski definition) is 9. The van der Waals surface area contributed by atoms with E-state index in [0.717, 1.165) is 31.8 Å². The van der Waals surface area contributed by atoms with E-state index in [4.69, 9.17) is 18.6 Å². The quantitative estimate of drug-likeness (QED) is 0.427. The number of fused-ring (bicyclic) bond motifs is 1. The topological polar surface area (TPSA) is 95.5 Å². The maximum absolute atomic E-state index is 13.8. The molecule has 200 valence electrons. The van der Waals surface area contributed by atoms with Crippen LogP contribution in [0.1, 0.15) is 50.5 Å². The Kier molecular flexibility index (Phi) is 7.42. The van der Waals surface area contributed by atoms with Crippen LogP contribution in [0.5, 0.6) is 11.5 Å². The molecule has 4 heterocycles. The first kappa shape index (κ1) is 25.8. The van der Waals surface area contributed by atoms with Crippen molar-refractivity contribution in [3.05, 3.63) is 72.6 Å². The molecule has 0 N–H and O–H groups in total. The average molecular weight is 538 g/mol. The van der Waals surface area contributed by atoms with E-state index in [1.54, 1.807) is 50.8 Å². The number of aromatic nitrogens is 1. The number of allylic oxidation sites excluding steroid dienone is 1. The van der Waals surface area contributed by atoms with Gasteiger partial charge in [-0.3, -0.25) is 9.36 Å². The molecular weight excluding hydrogens is 506 g/mol. The van der Waals surface area contributed by atoms with Crippen LogP contribution >= 0.6 is 11.3 Å². The molecule has 2 aromatic heterocycles. The number of carbonyl (C=O) groups excluding carboxylic acids is 1. The Morgan fingerprint density at radius 3 is 2.61 bits per heavy atom. The zero-order chi connectivity index (χ0) is 26.8. The summed E-state index contributed by atoms with van der Waals surface area (Å²) >= 11 is 1.26. The van der Waals surface area contributed by atoms with Crippen LogP contribution in [0.4, 0.5) is 5.88 Å². The molecule has 0 bridgehead atoms. The van der Waals surface area contributed by atoms with Gasteiger partial charge in [-0.15, -0.1) is 0 Å². The summed E-state index contributed by atoms with van der Waals surface area (Å²) in [7, 11) is 3.10. The molecule has 3 aromatic rings. The second-order valence-corrected chi connectivity index (χ2v) is 10.1. The number of esters is 1. The highest BCUT2D eigenvalue weighted by atomic mass is 32.1. The molecule has 0 spiro atoms. The molecule has 9 nitrogen and oxygen atoms in total. The second-order valence-electron chi connectivity index (χ2n) is 9.14. The highest BCUT2D eigenvalue weighted by Gasteiger charge is 2.34. The minimum atomic E-state index is -0.743. The fourth-order valence-corrected chi connectivity index (χ4v) is 5.99. The van der Waals surface area contributed by atoms with Crippen LogP contribution < -0.4 is 29.3 Å². The molecule has 1 aromatic carbocycles. The maximum atomic E-state index is 13.8. The number of nitrogens with zero attached hydrogens (tertiary/aromatic N) is 3. The van der Waals surface area contributed by atoms with Gasteiger partial charge in [0.25, 0.3) is 5.56 Å². The predicted molar refractivity (Wildman–Crippen MR) is 145 cm³/mol. The van der Waals surface area contributed by atoms with Gasteiger partial charge in [-0.1, -0.05) is 17.4 Å². The molecule has 1 unspecified atom stereocenters. The first-order valence-corrected chi connectivity index (χ1v) is 13.5. The van der Waals surface area contributed by atoms with Gasteiger partial charge in [0.05, 0.1) is 42.7 Å². The summed E-state index contributed by atoms with van der Waals surface area (Å²) in [6, 6.07) is 8.43. The smallest absolute Gasteiger partial charge is 0.338 e. The Balaban J connectivity index is 1.63. The largest absolute Gasteiger partial charge is 0.493 e. The summed E-state index contributed by atoms with van der Waals surface area (Å²) < 4.78 is 24.4. The minimum absolute atomic E-state index is 0.205. The standard InChI is InChI=1S/C28H31N3O6S/c1-5-36-27(33)24-17(2)29-28-31(25(24)18-9-11-20(34-3)21(15-18)35-4)26(32)22(38-28)16-19-10-12-23(37-19)30-13-7-6-8-14-30/h9-12,15-16,25H,5-8,13-14H2,1-4H3. The number of rotatable bonds is 7. The molecule has 2 aliphatic rings.